The molecule has 33 heavy (non-hydrogen) atoms. The van der Waals surface area contributed by atoms with Gasteiger partial charge in [0.25, 0.3) is 5.91 Å². The fourth-order valence-electron chi connectivity index (χ4n) is 4.57. The van der Waals surface area contributed by atoms with E-state index >= 15 is 0 Å². The first-order valence-electron chi connectivity index (χ1n) is 10.1. The number of amides is 3. The summed E-state index contributed by atoms with van der Waals surface area (Å²) < 4.78 is 12.3. The van der Waals surface area contributed by atoms with E-state index in [4.69, 9.17) is 32.7 Å². The minimum atomic E-state index is -1.08. The van der Waals surface area contributed by atoms with Gasteiger partial charge >= 0.3 is 0 Å². The minimum Gasteiger partial charge on any atom is -0.482 e. The van der Waals surface area contributed by atoms with Gasteiger partial charge in [-0.2, -0.15) is 0 Å². The molecule has 0 saturated carbocycles. The Bertz CT molecular complexity index is 1190. The first-order chi connectivity index (χ1) is 15.8. The zero-order valence-electron chi connectivity index (χ0n) is 17.0. The Morgan fingerprint density at radius 3 is 2.64 bits per heavy atom. The van der Waals surface area contributed by atoms with Crippen LogP contribution in [0, 0.1) is 11.8 Å². The lowest BCUT2D eigenvalue weighted by atomic mass is 9.77. The molecule has 0 unspecified atom stereocenters. The maximum absolute atomic E-state index is 13.3. The number of hydrogen-bond acceptors (Lipinski definition) is 5. The quantitative estimate of drug-likeness (QED) is 0.436. The fraction of sp³-hybridized carbons (Fsp3) is 0.261. The lowest BCUT2D eigenvalue weighted by molar-refractivity contribution is -0.129. The molecule has 3 amide bonds. The second kappa shape index (κ2) is 8.43. The first kappa shape index (κ1) is 22.4. The average Bonchev–Trinajstić information content (AvgIpc) is 3.43. The highest BCUT2D eigenvalue weighted by Crippen LogP contribution is 2.52. The number of carbonyl (C=O) groups is 3. The molecule has 3 aliphatic rings. The van der Waals surface area contributed by atoms with Crippen LogP contribution in [-0.4, -0.2) is 42.6 Å². The van der Waals surface area contributed by atoms with Gasteiger partial charge < -0.3 is 14.8 Å². The Labute approximate surface area is 207 Å². The maximum Gasteiger partial charge on any atom is 0.258 e. The van der Waals surface area contributed by atoms with E-state index in [1.54, 1.807) is 48.6 Å². The first-order valence-corrected chi connectivity index (χ1v) is 11.7. The largest absolute Gasteiger partial charge is 0.482 e. The number of nitrogens with one attached hydrogen (secondary N) is 1. The van der Waals surface area contributed by atoms with Crippen molar-refractivity contribution >= 4 is 62.5 Å². The van der Waals surface area contributed by atoms with E-state index in [-0.39, 0.29) is 25.0 Å². The van der Waals surface area contributed by atoms with Crippen LogP contribution in [0.25, 0.3) is 0 Å². The third-order valence-electron chi connectivity index (χ3n) is 6.05. The molecule has 2 saturated heterocycles. The number of benzene rings is 2. The van der Waals surface area contributed by atoms with E-state index in [9.17, 15) is 14.4 Å². The van der Waals surface area contributed by atoms with Crippen LogP contribution < -0.4 is 15.0 Å². The molecular weight excluding hydrogens is 535 g/mol. The summed E-state index contributed by atoms with van der Waals surface area (Å²) in [5.41, 5.74) is -0.575. The molecule has 4 atom stereocenters. The smallest absolute Gasteiger partial charge is 0.258 e. The normalized spacial score (nSPS) is 27.2. The SMILES string of the molecule is O=C(COc1ccc(Cl)cc1Cl)NC[C@@]12C=C[C@@H](O1)[C@H]1C(=O)N(c3ccc(Br)cc3)C(=O)[C@@H]12. The summed E-state index contributed by atoms with van der Waals surface area (Å²) >= 11 is 15.3. The van der Waals surface area contributed by atoms with E-state index in [0.29, 0.717) is 21.5 Å². The Morgan fingerprint density at radius 1 is 1.15 bits per heavy atom. The lowest BCUT2D eigenvalue weighted by Gasteiger charge is -2.29. The zero-order valence-corrected chi connectivity index (χ0v) is 20.1. The number of imide groups is 1. The third-order valence-corrected chi connectivity index (χ3v) is 7.11. The second-order valence-corrected chi connectivity index (χ2v) is 9.79. The van der Waals surface area contributed by atoms with Gasteiger partial charge in [0, 0.05) is 9.50 Å². The number of nitrogens with zero attached hydrogens (tertiary/aromatic N) is 1. The van der Waals surface area contributed by atoms with Gasteiger partial charge in [-0.1, -0.05) is 51.3 Å². The van der Waals surface area contributed by atoms with Crippen molar-refractivity contribution in [2.24, 2.45) is 11.8 Å². The molecule has 0 radical (unpaired) electrons. The van der Waals surface area contributed by atoms with Crippen LogP contribution in [0.2, 0.25) is 10.0 Å². The lowest BCUT2D eigenvalue weighted by Crippen LogP contribution is -2.49. The van der Waals surface area contributed by atoms with Crippen LogP contribution in [0.4, 0.5) is 5.69 Å². The minimum absolute atomic E-state index is 0.0326. The Hall–Kier alpha value is -2.39. The van der Waals surface area contributed by atoms with Gasteiger partial charge in [0.15, 0.2) is 6.61 Å². The number of halogens is 3. The average molecular weight is 552 g/mol. The number of ether oxygens (including phenoxy) is 2. The van der Waals surface area contributed by atoms with Crippen LogP contribution in [0.5, 0.6) is 5.75 Å². The van der Waals surface area contributed by atoms with Crippen LogP contribution in [-0.2, 0) is 19.1 Å². The molecule has 3 heterocycles. The Kier molecular flexibility index (Phi) is 5.73. The van der Waals surface area contributed by atoms with Gasteiger partial charge in [0.2, 0.25) is 11.8 Å². The monoisotopic (exact) mass is 550 g/mol. The van der Waals surface area contributed by atoms with Crippen molar-refractivity contribution in [1.82, 2.24) is 5.32 Å². The molecule has 2 aromatic carbocycles. The molecule has 3 aliphatic heterocycles. The predicted molar refractivity (Wildman–Crippen MR) is 125 cm³/mol. The summed E-state index contributed by atoms with van der Waals surface area (Å²) in [4.78, 5) is 40.1. The molecule has 170 valence electrons. The molecule has 2 fully saturated rings. The van der Waals surface area contributed by atoms with Gasteiger partial charge in [-0.25, -0.2) is 4.90 Å². The summed E-state index contributed by atoms with van der Waals surface area (Å²) in [6.45, 7) is -0.249. The van der Waals surface area contributed by atoms with Gasteiger partial charge in [0.05, 0.1) is 35.2 Å². The number of rotatable bonds is 6. The van der Waals surface area contributed by atoms with Crippen LogP contribution in [0.1, 0.15) is 0 Å². The highest BCUT2D eigenvalue weighted by atomic mass is 79.9. The summed E-state index contributed by atoms with van der Waals surface area (Å²) in [6, 6.07) is 11.7. The van der Waals surface area contributed by atoms with Crippen molar-refractivity contribution in [3.05, 3.63) is 69.1 Å². The zero-order chi connectivity index (χ0) is 23.3. The third kappa shape index (κ3) is 3.85. The van der Waals surface area contributed by atoms with Crippen molar-refractivity contribution in [1.29, 1.82) is 0 Å². The molecule has 5 rings (SSSR count). The van der Waals surface area contributed by atoms with Crippen molar-refractivity contribution in [3.63, 3.8) is 0 Å². The highest BCUT2D eigenvalue weighted by Gasteiger charge is 2.67. The summed E-state index contributed by atoms with van der Waals surface area (Å²) in [5.74, 6) is -2.05. The number of fused-ring (bicyclic) bond motifs is 5. The van der Waals surface area contributed by atoms with E-state index < -0.39 is 29.4 Å². The number of hydrogen-bond donors (Lipinski definition) is 1. The van der Waals surface area contributed by atoms with E-state index in [2.05, 4.69) is 21.2 Å². The van der Waals surface area contributed by atoms with Crippen molar-refractivity contribution < 1.29 is 23.9 Å². The Morgan fingerprint density at radius 2 is 1.91 bits per heavy atom. The summed E-state index contributed by atoms with van der Waals surface area (Å²) in [5, 5.41) is 3.51. The maximum atomic E-state index is 13.3. The predicted octanol–water partition coefficient (Wildman–Crippen LogP) is 3.76. The molecule has 0 spiro atoms. The van der Waals surface area contributed by atoms with Crippen molar-refractivity contribution in [2.45, 2.75) is 11.7 Å². The molecular formula is C23H17BrCl2N2O5. The summed E-state index contributed by atoms with van der Waals surface area (Å²) in [6.07, 6.45) is 3.05. The molecule has 2 aromatic rings. The molecule has 7 nitrogen and oxygen atoms in total. The molecule has 2 bridgehead atoms. The number of anilines is 1. The van der Waals surface area contributed by atoms with Gasteiger partial charge in [-0.05, 0) is 42.5 Å². The van der Waals surface area contributed by atoms with Crippen LogP contribution >= 0.6 is 39.1 Å². The van der Waals surface area contributed by atoms with Gasteiger partial charge in [-0.15, -0.1) is 0 Å². The molecule has 0 aromatic heterocycles. The Balaban J connectivity index is 1.27. The van der Waals surface area contributed by atoms with Crippen LogP contribution in [0.3, 0.4) is 0 Å². The highest BCUT2D eigenvalue weighted by molar-refractivity contribution is 9.10. The second-order valence-electron chi connectivity index (χ2n) is 8.03. The molecule has 10 heteroatoms. The summed E-state index contributed by atoms with van der Waals surface area (Å²) in [7, 11) is 0. The molecule has 0 aliphatic carbocycles. The van der Waals surface area contributed by atoms with Gasteiger partial charge in [0.1, 0.15) is 11.4 Å². The van der Waals surface area contributed by atoms with Crippen LogP contribution in [0.15, 0.2) is 59.1 Å². The number of carbonyl (C=O) groups excluding carboxylic acids is 3. The fourth-order valence-corrected chi connectivity index (χ4v) is 5.30. The topological polar surface area (TPSA) is 84.9 Å². The molecule has 1 N–H and O–H groups in total. The standard InChI is InChI=1S/C23H17BrCl2N2O5/c24-12-1-4-14(5-2-12)28-21(30)19-17-7-8-23(33-17,20(19)22(28)31)11-27-18(29)10-32-16-6-3-13(25)9-15(16)26/h1-9,17,19-20H,10-11H2,(H,27,29)/t17-,19-,20-,23-/m1/s1. The van der Waals surface area contributed by atoms with E-state index in [0.717, 1.165) is 4.47 Å². The van der Waals surface area contributed by atoms with Gasteiger partial charge in [-0.3, -0.25) is 14.4 Å². The van der Waals surface area contributed by atoms with Crippen molar-refractivity contribution in [3.8, 4) is 5.75 Å². The van der Waals surface area contributed by atoms with E-state index in [1.165, 1.54) is 11.0 Å². The van der Waals surface area contributed by atoms with Crippen molar-refractivity contribution in [2.75, 3.05) is 18.1 Å². The van der Waals surface area contributed by atoms with E-state index in [1.807, 2.05) is 0 Å².